The number of nitrogens with one attached hydrogen (secondary N) is 1. The number of carbonyl (C=O) groups excluding carboxylic acids is 1. The van der Waals surface area contributed by atoms with Crippen LogP contribution in [0.2, 0.25) is 0 Å². The molecular formula is C15H17N3O4. The van der Waals surface area contributed by atoms with Crippen molar-refractivity contribution in [3.63, 3.8) is 0 Å². The van der Waals surface area contributed by atoms with Gasteiger partial charge in [0.15, 0.2) is 0 Å². The molecule has 7 heteroatoms. The van der Waals surface area contributed by atoms with Gasteiger partial charge in [0.25, 0.3) is 5.91 Å². The van der Waals surface area contributed by atoms with Crippen molar-refractivity contribution in [2.24, 2.45) is 0 Å². The molecule has 2 aromatic heterocycles. The normalized spacial score (nSPS) is 10.5. The number of rotatable bonds is 6. The molecule has 2 N–H and O–H groups in total. The largest absolute Gasteiger partial charge is 0.477 e. The Morgan fingerprint density at radius 1 is 1.23 bits per heavy atom. The maximum Gasteiger partial charge on any atom is 0.354 e. The topological polar surface area (TPSA) is 105 Å². The van der Waals surface area contributed by atoms with Crippen LogP contribution in [0.25, 0.3) is 0 Å². The molecule has 7 nitrogen and oxygen atoms in total. The van der Waals surface area contributed by atoms with Crippen molar-refractivity contribution < 1.29 is 19.2 Å². The zero-order chi connectivity index (χ0) is 16.1. The molecular weight excluding hydrogens is 286 g/mol. The second kappa shape index (κ2) is 6.84. The second-order valence-electron chi connectivity index (χ2n) is 4.63. The molecule has 0 fully saturated rings. The fraction of sp³-hybridized carbons (Fsp3) is 0.333. The van der Waals surface area contributed by atoms with Crippen molar-refractivity contribution in [1.29, 1.82) is 0 Å². The number of amides is 1. The molecule has 2 rings (SSSR count). The van der Waals surface area contributed by atoms with E-state index < -0.39 is 11.9 Å². The van der Waals surface area contributed by atoms with E-state index in [0.717, 1.165) is 17.0 Å². The number of aromatic nitrogens is 2. The fourth-order valence-corrected chi connectivity index (χ4v) is 2.08. The van der Waals surface area contributed by atoms with Crippen LogP contribution < -0.4 is 5.32 Å². The maximum atomic E-state index is 12.1. The van der Waals surface area contributed by atoms with Crippen LogP contribution in [0, 0.1) is 0 Å². The number of hydrogen-bond donors (Lipinski definition) is 2. The molecule has 0 bridgehead atoms. The van der Waals surface area contributed by atoms with Gasteiger partial charge in [0.1, 0.15) is 17.1 Å². The van der Waals surface area contributed by atoms with E-state index in [1.807, 2.05) is 13.8 Å². The number of pyridine rings is 1. The lowest BCUT2D eigenvalue weighted by Crippen LogP contribution is -2.25. The maximum absolute atomic E-state index is 12.1. The van der Waals surface area contributed by atoms with Crippen LogP contribution in [0.5, 0.6) is 0 Å². The first-order valence-corrected chi connectivity index (χ1v) is 7.01. The molecule has 116 valence electrons. The lowest BCUT2D eigenvalue weighted by atomic mass is 10.1. The number of aryl methyl sites for hydroxylation is 2. The monoisotopic (exact) mass is 303 g/mol. The highest BCUT2D eigenvalue weighted by Gasteiger charge is 2.16. The SMILES string of the molecule is CCc1noc(CC)c1CNC(=O)c1cccc(C(=O)O)n1. The number of hydrogen-bond acceptors (Lipinski definition) is 5. The lowest BCUT2D eigenvalue weighted by Gasteiger charge is -2.06. The number of carbonyl (C=O) groups is 2. The number of carboxylic acids is 1. The van der Waals surface area contributed by atoms with Gasteiger partial charge in [-0.05, 0) is 18.6 Å². The molecule has 0 spiro atoms. The summed E-state index contributed by atoms with van der Waals surface area (Å²) in [7, 11) is 0. The molecule has 0 aliphatic heterocycles. The summed E-state index contributed by atoms with van der Waals surface area (Å²) in [6.07, 6.45) is 1.40. The molecule has 0 unspecified atom stereocenters. The van der Waals surface area contributed by atoms with Gasteiger partial charge in [0.2, 0.25) is 0 Å². The predicted molar refractivity (Wildman–Crippen MR) is 77.6 cm³/mol. The first-order chi connectivity index (χ1) is 10.6. The Hall–Kier alpha value is -2.70. The molecule has 0 radical (unpaired) electrons. The van der Waals surface area contributed by atoms with Crippen LogP contribution in [-0.4, -0.2) is 27.1 Å². The molecule has 0 aliphatic carbocycles. The summed E-state index contributed by atoms with van der Waals surface area (Å²) in [5.41, 5.74) is 1.57. The zero-order valence-electron chi connectivity index (χ0n) is 12.4. The van der Waals surface area contributed by atoms with Crippen molar-refractivity contribution in [1.82, 2.24) is 15.5 Å². The zero-order valence-corrected chi connectivity index (χ0v) is 12.4. The summed E-state index contributed by atoms with van der Waals surface area (Å²) in [6.45, 7) is 4.18. The molecule has 1 amide bonds. The number of nitrogens with zero attached hydrogens (tertiary/aromatic N) is 2. The van der Waals surface area contributed by atoms with Gasteiger partial charge in [0.05, 0.1) is 5.69 Å². The summed E-state index contributed by atoms with van der Waals surface area (Å²) in [5, 5.41) is 15.6. The third-order valence-corrected chi connectivity index (χ3v) is 3.23. The standard InChI is InChI=1S/C15H17N3O4/c1-3-10-9(13(4-2)22-18-10)8-16-14(19)11-6-5-7-12(17-11)15(20)21/h5-7H,3-4,8H2,1-2H3,(H,16,19)(H,20,21). The van der Waals surface area contributed by atoms with E-state index in [1.165, 1.54) is 18.2 Å². The minimum absolute atomic E-state index is 0.0625. The van der Waals surface area contributed by atoms with Gasteiger partial charge in [-0.3, -0.25) is 4.79 Å². The van der Waals surface area contributed by atoms with Gasteiger partial charge in [-0.1, -0.05) is 25.1 Å². The summed E-state index contributed by atoms with van der Waals surface area (Å²) in [6, 6.07) is 4.29. The molecule has 0 aromatic carbocycles. The molecule has 22 heavy (non-hydrogen) atoms. The smallest absolute Gasteiger partial charge is 0.354 e. The number of carboxylic acid groups (broad SMARTS) is 1. The predicted octanol–water partition coefficient (Wildman–Crippen LogP) is 1.82. The highest BCUT2D eigenvalue weighted by Crippen LogP contribution is 2.15. The van der Waals surface area contributed by atoms with Crippen molar-refractivity contribution in [3.8, 4) is 0 Å². The minimum Gasteiger partial charge on any atom is -0.477 e. The van der Waals surface area contributed by atoms with E-state index in [4.69, 9.17) is 9.63 Å². The average molecular weight is 303 g/mol. The van der Waals surface area contributed by atoms with Gasteiger partial charge in [-0.2, -0.15) is 0 Å². The average Bonchev–Trinajstić information content (AvgIpc) is 2.94. The van der Waals surface area contributed by atoms with Crippen LogP contribution in [-0.2, 0) is 19.4 Å². The van der Waals surface area contributed by atoms with E-state index in [1.54, 1.807) is 0 Å². The molecule has 2 aromatic rings. The Bertz CT molecular complexity index is 672. The number of aromatic carboxylic acids is 1. The third kappa shape index (κ3) is 3.30. The molecule has 0 saturated carbocycles. The highest BCUT2D eigenvalue weighted by molar-refractivity contribution is 5.94. The van der Waals surface area contributed by atoms with Gasteiger partial charge < -0.3 is 14.9 Å². The van der Waals surface area contributed by atoms with Crippen molar-refractivity contribution in [3.05, 3.63) is 46.6 Å². The molecule has 0 atom stereocenters. The molecule has 0 aliphatic rings. The summed E-state index contributed by atoms with van der Waals surface area (Å²) >= 11 is 0. The van der Waals surface area contributed by atoms with E-state index in [0.29, 0.717) is 12.8 Å². The fourth-order valence-electron chi connectivity index (χ4n) is 2.08. The highest BCUT2D eigenvalue weighted by atomic mass is 16.5. The van der Waals surface area contributed by atoms with Crippen LogP contribution in [0.1, 0.15) is 51.8 Å². The second-order valence-corrected chi connectivity index (χ2v) is 4.63. The Morgan fingerprint density at radius 3 is 2.59 bits per heavy atom. The summed E-state index contributed by atoms with van der Waals surface area (Å²) in [4.78, 5) is 26.8. The Kier molecular flexibility index (Phi) is 4.88. The summed E-state index contributed by atoms with van der Waals surface area (Å²) < 4.78 is 5.23. The Labute approximate surface area is 127 Å². The third-order valence-electron chi connectivity index (χ3n) is 3.23. The van der Waals surface area contributed by atoms with E-state index >= 15 is 0 Å². The van der Waals surface area contributed by atoms with Gasteiger partial charge in [0, 0.05) is 18.5 Å². The van der Waals surface area contributed by atoms with Gasteiger partial charge >= 0.3 is 5.97 Å². The van der Waals surface area contributed by atoms with Crippen LogP contribution in [0.15, 0.2) is 22.7 Å². The quantitative estimate of drug-likeness (QED) is 0.843. The van der Waals surface area contributed by atoms with Crippen molar-refractivity contribution in [2.45, 2.75) is 33.2 Å². The van der Waals surface area contributed by atoms with E-state index in [2.05, 4.69) is 15.5 Å². The van der Waals surface area contributed by atoms with Gasteiger partial charge in [-0.15, -0.1) is 0 Å². The van der Waals surface area contributed by atoms with Crippen LogP contribution >= 0.6 is 0 Å². The van der Waals surface area contributed by atoms with Crippen LogP contribution in [0.4, 0.5) is 0 Å². The van der Waals surface area contributed by atoms with Crippen molar-refractivity contribution >= 4 is 11.9 Å². The Balaban J connectivity index is 2.12. The van der Waals surface area contributed by atoms with Crippen molar-refractivity contribution in [2.75, 3.05) is 0 Å². The molecule has 2 heterocycles. The lowest BCUT2D eigenvalue weighted by molar-refractivity contribution is 0.0690. The Morgan fingerprint density at radius 2 is 1.95 bits per heavy atom. The van der Waals surface area contributed by atoms with Crippen LogP contribution in [0.3, 0.4) is 0 Å². The van der Waals surface area contributed by atoms with E-state index in [9.17, 15) is 9.59 Å². The first kappa shape index (κ1) is 15.7. The summed E-state index contributed by atoms with van der Waals surface area (Å²) in [5.74, 6) is -0.868. The minimum atomic E-state index is -1.17. The first-order valence-electron chi connectivity index (χ1n) is 7.01. The van der Waals surface area contributed by atoms with E-state index in [-0.39, 0.29) is 17.9 Å². The molecule has 0 saturated heterocycles. The van der Waals surface area contributed by atoms with Gasteiger partial charge in [-0.25, -0.2) is 9.78 Å².